The van der Waals surface area contributed by atoms with Gasteiger partial charge in [-0.1, -0.05) is 13.8 Å². The van der Waals surface area contributed by atoms with Crippen molar-refractivity contribution in [3.8, 4) is 5.75 Å². The minimum atomic E-state index is -0.202. The molecule has 0 aromatic heterocycles. The van der Waals surface area contributed by atoms with Crippen molar-refractivity contribution in [3.63, 3.8) is 0 Å². The lowest BCUT2D eigenvalue weighted by atomic mass is 10.0. The number of amides is 2. The van der Waals surface area contributed by atoms with Gasteiger partial charge >= 0.3 is 0 Å². The van der Waals surface area contributed by atoms with Crippen LogP contribution >= 0.6 is 0 Å². The summed E-state index contributed by atoms with van der Waals surface area (Å²) in [6, 6.07) is 14.1. The molecule has 26 heavy (non-hydrogen) atoms. The van der Waals surface area contributed by atoms with E-state index in [0.29, 0.717) is 23.5 Å². The van der Waals surface area contributed by atoms with Gasteiger partial charge in [0.05, 0.1) is 6.61 Å². The molecular weight excluding hydrogens is 328 g/mol. The lowest BCUT2D eigenvalue weighted by Crippen LogP contribution is -2.21. The van der Waals surface area contributed by atoms with Gasteiger partial charge < -0.3 is 15.4 Å². The van der Waals surface area contributed by atoms with Gasteiger partial charge in [0, 0.05) is 22.9 Å². The highest BCUT2D eigenvalue weighted by molar-refractivity contribution is 6.04. The second-order valence-corrected chi connectivity index (χ2v) is 5.99. The maximum atomic E-state index is 12.3. The van der Waals surface area contributed by atoms with E-state index in [1.54, 1.807) is 36.4 Å². The van der Waals surface area contributed by atoms with Crippen LogP contribution in [-0.4, -0.2) is 18.4 Å². The molecule has 5 heteroatoms. The van der Waals surface area contributed by atoms with E-state index in [9.17, 15) is 9.59 Å². The molecular formula is C21H26N2O3. The molecule has 0 fully saturated rings. The van der Waals surface area contributed by atoms with Gasteiger partial charge in [0.15, 0.2) is 0 Å². The molecule has 0 aliphatic carbocycles. The summed E-state index contributed by atoms with van der Waals surface area (Å²) < 4.78 is 5.38. The fraction of sp³-hybridized carbons (Fsp3) is 0.333. The summed E-state index contributed by atoms with van der Waals surface area (Å²) in [5, 5.41) is 5.74. The maximum Gasteiger partial charge on any atom is 0.255 e. The summed E-state index contributed by atoms with van der Waals surface area (Å²) in [6.45, 7) is 6.53. The maximum absolute atomic E-state index is 12.3. The molecule has 2 aromatic carbocycles. The topological polar surface area (TPSA) is 67.4 Å². The first kappa shape index (κ1) is 19.5. The molecule has 2 rings (SSSR count). The molecule has 0 spiro atoms. The van der Waals surface area contributed by atoms with Crippen LogP contribution in [0.3, 0.4) is 0 Å². The molecule has 2 N–H and O–H groups in total. The van der Waals surface area contributed by atoms with Crippen LogP contribution in [0.1, 0.15) is 44.0 Å². The Hall–Kier alpha value is -2.82. The number of ether oxygens (including phenoxy) is 1. The van der Waals surface area contributed by atoms with Crippen LogP contribution in [-0.2, 0) is 4.79 Å². The zero-order valence-corrected chi connectivity index (χ0v) is 15.5. The van der Waals surface area contributed by atoms with Crippen molar-refractivity contribution < 1.29 is 14.3 Å². The second-order valence-electron chi connectivity index (χ2n) is 5.99. The number of nitrogens with one attached hydrogen (secondary N) is 2. The zero-order chi connectivity index (χ0) is 18.9. The van der Waals surface area contributed by atoms with E-state index in [1.165, 1.54) is 0 Å². The fourth-order valence-electron chi connectivity index (χ4n) is 2.61. The summed E-state index contributed by atoms with van der Waals surface area (Å²) in [7, 11) is 0. The van der Waals surface area contributed by atoms with Gasteiger partial charge in [0.1, 0.15) is 5.75 Å². The third-order valence-corrected chi connectivity index (χ3v) is 4.19. The van der Waals surface area contributed by atoms with Crippen LogP contribution in [0.15, 0.2) is 48.5 Å². The number of rotatable bonds is 8. The summed E-state index contributed by atoms with van der Waals surface area (Å²) in [6.07, 6.45) is 1.62. The SMILES string of the molecule is CCOc1ccc(NC(=O)c2ccc(NC(=O)C(CC)CC)cc2)cc1. The predicted molar refractivity (Wildman–Crippen MR) is 105 cm³/mol. The number of carbonyl (C=O) groups excluding carboxylic acids is 2. The summed E-state index contributed by atoms with van der Waals surface area (Å²) in [4.78, 5) is 24.4. The summed E-state index contributed by atoms with van der Waals surface area (Å²) >= 11 is 0. The smallest absolute Gasteiger partial charge is 0.255 e. The van der Waals surface area contributed by atoms with Crippen LogP contribution in [0.2, 0.25) is 0 Å². The molecule has 0 radical (unpaired) electrons. The van der Waals surface area contributed by atoms with Gasteiger partial charge in [-0.15, -0.1) is 0 Å². The van der Waals surface area contributed by atoms with E-state index in [-0.39, 0.29) is 17.7 Å². The third-order valence-electron chi connectivity index (χ3n) is 4.19. The number of anilines is 2. The Morgan fingerprint density at radius 3 is 1.92 bits per heavy atom. The number of hydrogen-bond acceptors (Lipinski definition) is 3. The Balaban J connectivity index is 1.96. The van der Waals surface area contributed by atoms with Crippen LogP contribution in [0.25, 0.3) is 0 Å². The van der Waals surface area contributed by atoms with Crippen molar-refractivity contribution in [2.75, 3.05) is 17.2 Å². The molecule has 0 aliphatic rings. The average molecular weight is 354 g/mol. The largest absolute Gasteiger partial charge is 0.494 e. The van der Waals surface area contributed by atoms with E-state index in [0.717, 1.165) is 18.6 Å². The van der Waals surface area contributed by atoms with Crippen molar-refractivity contribution in [2.24, 2.45) is 5.92 Å². The first-order valence-electron chi connectivity index (χ1n) is 9.02. The summed E-state index contributed by atoms with van der Waals surface area (Å²) in [5.41, 5.74) is 1.92. The Kier molecular flexibility index (Phi) is 7.21. The molecule has 0 saturated carbocycles. The first-order chi connectivity index (χ1) is 12.6. The first-order valence-corrected chi connectivity index (χ1v) is 9.02. The van der Waals surface area contributed by atoms with Crippen LogP contribution < -0.4 is 15.4 Å². The molecule has 5 nitrogen and oxygen atoms in total. The highest BCUT2D eigenvalue weighted by Crippen LogP contribution is 2.18. The quantitative estimate of drug-likeness (QED) is 0.721. The average Bonchev–Trinajstić information content (AvgIpc) is 2.65. The number of benzene rings is 2. The molecule has 0 saturated heterocycles. The molecule has 0 heterocycles. The standard InChI is InChI=1S/C21H26N2O3/c1-4-15(5-2)20(24)22-17-9-7-16(8-10-17)21(25)23-18-11-13-19(14-12-18)26-6-3/h7-15H,4-6H2,1-3H3,(H,22,24)(H,23,25). The fourth-order valence-corrected chi connectivity index (χ4v) is 2.61. The molecule has 0 unspecified atom stereocenters. The van der Waals surface area contributed by atoms with Crippen LogP contribution in [0.5, 0.6) is 5.75 Å². The van der Waals surface area contributed by atoms with E-state index in [1.807, 2.05) is 32.9 Å². The van der Waals surface area contributed by atoms with Gasteiger partial charge in [-0.3, -0.25) is 9.59 Å². The zero-order valence-electron chi connectivity index (χ0n) is 15.5. The van der Waals surface area contributed by atoms with E-state index >= 15 is 0 Å². The van der Waals surface area contributed by atoms with E-state index in [4.69, 9.17) is 4.74 Å². The van der Waals surface area contributed by atoms with Gasteiger partial charge in [-0.25, -0.2) is 0 Å². The van der Waals surface area contributed by atoms with Crippen molar-refractivity contribution in [2.45, 2.75) is 33.6 Å². The van der Waals surface area contributed by atoms with E-state index < -0.39 is 0 Å². The predicted octanol–water partition coefficient (Wildman–Crippen LogP) is 4.71. The Morgan fingerprint density at radius 1 is 0.846 bits per heavy atom. The van der Waals surface area contributed by atoms with Crippen molar-refractivity contribution in [1.82, 2.24) is 0 Å². The molecule has 0 bridgehead atoms. The Bertz CT molecular complexity index is 720. The summed E-state index contributed by atoms with van der Waals surface area (Å²) in [5.74, 6) is 0.592. The van der Waals surface area contributed by atoms with Gasteiger partial charge in [-0.05, 0) is 68.3 Å². The lowest BCUT2D eigenvalue weighted by Gasteiger charge is -2.13. The van der Waals surface area contributed by atoms with E-state index in [2.05, 4.69) is 10.6 Å². The second kappa shape index (κ2) is 9.61. The highest BCUT2D eigenvalue weighted by atomic mass is 16.5. The molecule has 138 valence electrons. The van der Waals surface area contributed by atoms with Crippen LogP contribution in [0, 0.1) is 5.92 Å². The van der Waals surface area contributed by atoms with Gasteiger partial charge in [0.2, 0.25) is 5.91 Å². The van der Waals surface area contributed by atoms with Gasteiger partial charge in [0.25, 0.3) is 5.91 Å². The monoisotopic (exact) mass is 354 g/mol. The molecule has 0 aliphatic heterocycles. The minimum absolute atomic E-state index is 0.0117. The number of hydrogen-bond donors (Lipinski definition) is 2. The van der Waals surface area contributed by atoms with Crippen molar-refractivity contribution in [3.05, 3.63) is 54.1 Å². The van der Waals surface area contributed by atoms with Crippen molar-refractivity contribution in [1.29, 1.82) is 0 Å². The van der Waals surface area contributed by atoms with Crippen LogP contribution in [0.4, 0.5) is 11.4 Å². The molecule has 0 atom stereocenters. The molecule has 2 amide bonds. The normalized spacial score (nSPS) is 10.5. The number of carbonyl (C=O) groups is 2. The Labute approximate surface area is 154 Å². The Morgan fingerprint density at radius 2 is 1.38 bits per heavy atom. The lowest BCUT2D eigenvalue weighted by molar-refractivity contribution is -0.120. The highest BCUT2D eigenvalue weighted by Gasteiger charge is 2.14. The van der Waals surface area contributed by atoms with Crippen molar-refractivity contribution >= 4 is 23.2 Å². The molecule has 2 aromatic rings. The third kappa shape index (κ3) is 5.34. The minimum Gasteiger partial charge on any atom is -0.494 e. The van der Waals surface area contributed by atoms with Gasteiger partial charge in [-0.2, -0.15) is 0 Å².